The summed E-state index contributed by atoms with van der Waals surface area (Å²) in [6.45, 7) is 2.36. The molecule has 0 fully saturated rings. The first-order valence-electron chi connectivity index (χ1n) is 8.84. The molecule has 0 aromatic heterocycles. The summed E-state index contributed by atoms with van der Waals surface area (Å²) in [5.41, 5.74) is 7.31. The third-order valence-electron chi connectivity index (χ3n) is 4.71. The molecule has 1 aliphatic heterocycles. The van der Waals surface area contributed by atoms with E-state index < -0.39 is 11.9 Å². The maximum atomic E-state index is 12.7. The van der Waals surface area contributed by atoms with Gasteiger partial charge in [0.1, 0.15) is 11.3 Å². The van der Waals surface area contributed by atoms with Crippen molar-refractivity contribution >= 4 is 11.8 Å². The first-order chi connectivity index (χ1) is 13.0. The molecule has 3 rings (SSSR count). The Balaban J connectivity index is 2.17. The molecule has 1 atom stereocenters. The molecule has 1 heterocycles. The highest BCUT2D eigenvalue weighted by molar-refractivity contribution is 6.03. The molecule has 144 valence electrons. The molecule has 0 spiro atoms. The number of benzene rings is 1. The van der Waals surface area contributed by atoms with Gasteiger partial charge in [0, 0.05) is 18.4 Å². The minimum atomic E-state index is -0.668. The van der Waals surface area contributed by atoms with E-state index in [0.717, 1.165) is 0 Å². The summed E-state index contributed by atoms with van der Waals surface area (Å²) in [5, 5.41) is 0. The number of nitrogens with two attached hydrogens (primary N) is 1. The van der Waals surface area contributed by atoms with Crippen molar-refractivity contribution in [2.24, 2.45) is 5.73 Å². The summed E-state index contributed by atoms with van der Waals surface area (Å²) >= 11 is 0. The zero-order chi connectivity index (χ0) is 19.6. The fourth-order valence-corrected chi connectivity index (χ4v) is 3.54. The van der Waals surface area contributed by atoms with Crippen molar-refractivity contribution in [1.82, 2.24) is 0 Å². The minimum absolute atomic E-state index is 0.0341. The lowest BCUT2D eigenvalue weighted by Crippen LogP contribution is -2.31. The third-order valence-corrected chi connectivity index (χ3v) is 4.71. The van der Waals surface area contributed by atoms with Crippen LogP contribution in [-0.2, 0) is 19.1 Å². The second-order valence-electron chi connectivity index (χ2n) is 6.26. The number of esters is 1. The van der Waals surface area contributed by atoms with Crippen molar-refractivity contribution in [3.63, 3.8) is 0 Å². The van der Waals surface area contributed by atoms with Crippen LogP contribution in [0, 0.1) is 0 Å². The largest absolute Gasteiger partial charge is 0.493 e. The number of Topliss-reactive ketones (excluding diaryl/α,β-unsaturated/α-hetero) is 1. The van der Waals surface area contributed by atoms with E-state index in [9.17, 15) is 9.59 Å². The fraction of sp³-hybridized carbons (Fsp3) is 0.400. The van der Waals surface area contributed by atoms with E-state index in [2.05, 4.69) is 0 Å². The number of carbonyl (C=O) groups is 2. The normalized spacial score (nSPS) is 19.4. The number of carbonyl (C=O) groups excluding carboxylic acids is 2. The molecule has 1 aliphatic carbocycles. The van der Waals surface area contributed by atoms with Gasteiger partial charge in [-0.05, 0) is 31.0 Å². The van der Waals surface area contributed by atoms with E-state index in [1.54, 1.807) is 18.2 Å². The Kier molecular flexibility index (Phi) is 5.39. The average Bonchev–Trinajstić information content (AvgIpc) is 2.67. The topological polar surface area (TPSA) is 97.1 Å². The first kappa shape index (κ1) is 18.8. The maximum Gasteiger partial charge on any atom is 0.340 e. The number of hydrogen-bond acceptors (Lipinski definition) is 7. The van der Waals surface area contributed by atoms with Crippen molar-refractivity contribution < 1.29 is 28.5 Å². The lowest BCUT2D eigenvalue weighted by atomic mass is 9.77. The Bertz CT molecular complexity index is 839. The van der Waals surface area contributed by atoms with Crippen LogP contribution in [0.15, 0.2) is 41.0 Å². The number of allylic oxidation sites excluding steroid dienone is 2. The summed E-state index contributed by atoms with van der Waals surface area (Å²) < 4.78 is 21.5. The number of methoxy groups -OCH3 is 2. The van der Waals surface area contributed by atoms with Crippen molar-refractivity contribution in [2.45, 2.75) is 32.1 Å². The van der Waals surface area contributed by atoms with Crippen LogP contribution in [0.4, 0.5) is 0 Å². The molecule has 0 saturated heterocycles. The highest BCUT2D eigenvalue weighted by Crippen LogP contribution is 2.45. The summed E-state index contributed by atoms with van der Waals surface area (Å²) in [4.78, 5) is 25.1. The van der Waals surface area contributed by atoms with Gasteiger partial charge in [0.15, 0.2) is 17.3 Å². The minimum Gasteiger partial charge on any atom is -0.493 e. The lowest BCUT2D eigenvalue weighted by molar-refractivity contribution is -0.136. The predicted molar refractivity (Wildman–Crippen MR) is 97.1 cm³/mol. The van der Waals surface area contributed by atoms with Crippen LogP contribution in [0.1, 0.15) is 37.7 Å². The zero-order valence-electron chi connectivity index (χ0n) is 15.7. The van der Waals surface area contributed by atoms with E-state index in [1.807, 2.05) is 6.92 Å². The van der Waals surface area contributed by atoms with Crippen molar-refractivity contribution in [3.05, 3.63) is 46.6 Å². The highest BCUT2D eigenvalue weighted by atomic mass is 16.5. The van der Waals surface area contributed by atoms with Gasteiger partial charge in [-0.25, -0.2) is 4.79 Å². The van der Waals surface area contributed by atoms with Gasteiger partial charge >= 0.3 is 5.97 Å². The van der Waals surface area contributed by atoms with Gasteiger partial charge in [0.25, 0.3) is 0 Å². The Morgan fingerprint density at radius 3 is 2.70 bits per heavy atom. The van der Waals surface area contributed by atoms with Crippen molar-refractivity contribution in [1.29, 1.82) is 0 Å². The second-order valence-corrected chi connectivity index (χ2v) is 6.26. The molecular weight excluding hydrogens is 350 g/mol. The summed E-state index contributed by atoms with van der Waals surface area (Å²) in [5.74, 6) is 0.227. The average molecular weight is 373 g/mol. The molecule has 27 heavy (non-hydrogen) atoms. The Morgan fingerprint density at radius 1 is 1.26 bits per heavy atom. The van der Waals surface area contributed by atoms with Crippen LogP contribution in [-0.4, -0.2) is 32.6 Å². The molecule has 7 nitrogen and oxygen atoms in total. The lowest BCUT2D eigenvalue weighted by Gasteiger charge is -2.32. The van der Waals surface area contributed by atoms with Gasteiger partial charge in [-0.1, -0.05) is 6.07 Å². The first-order valence-corrected chi connectivity index (χ1v) is 8.84. The van der Waals surface area contributed by atoms with E-state index >= 15 is 0 Å². The number of ether oxygens (including phenoxy) is 4. The number of rotatable bonds is 5. The van der Waals surface area contributed by atoms with E-state index in [4.69, 9.17) is 24.7 Å². The molecule has 2 aliphatic rings. The number of ketones is 1. The Labute approximate surface area is 157 Å². The molecule has 0 radical (unpaired) electrons. The monoisotopic (exact) mass is 373 g/mol. The van der Waals surface area contributed by atoms with Crippen molar-refractivity contribution in [3.8, 4) is 11.5 Å². The van der Waals surface area contributed by atoms with Crippen LogP contribution in [0.5, 0.6) is 11.5 Å². The SMILES string of the molecule is CCOc1ccc([C@H]2C(C(=O)OC)=C(N)OC3=C2C(=O)CCC3)cc1OC. The molecule has 0 saturated carbocycles. The van der Waals surface area contributed by atoms with Crippen LogP contribution in [0.3, 0.4) is 0 Å². The standard InChI is InChI=1S/C20H23NO6/c1-4-26-13-9-8-11(10-15(13)24-2)16-17-12(22)6-5-7-14(17)27-19(21)18(16)20(23)25-3/h8-10,16H,4-7,21H2,1-3H3/t16-/m1/s1. The van der Waals surface area contributed by atoms with E-state index in [-0.39, 0.29) is 17.2 Å². The van der Waals surface area contributed by atoms with Crippen molar-refractivity contribution in [2.75, 3.05) is 20.8 Å². The van der Waals surface area contributed by atoms with Crippen LogP contribution < -0.4 is 15.2 Å². The number of hydrogen-bond donors (Lipinski definition) is 1. The van der Waals surface area contributed by atoms with Gasteiger partial charge in [0.05, 0.1) is 26.7 Å². The van der Waals surface area contributed by atoms with Gasteiger partial charge in [-0.3, -0.25) is 4.79 Å². The van der Waals surface area contributed by atoms with Gasteiger partial charge in [-0.2, -0.15) is 0 Å². The maximum absolute atomic E-state index is 12.7. The summed E-state index contributed by atoms with van der Waals surface area (Å²) in [6.07, 6.45) is 1.69. The van der Waals surface area contributed by atoms with Crippen LogP contribution in [0.25, 0.3) is 0 Å². The Morgan fingerprint density at radius 2 is 2.04 bits per heavy atom. The third kappa shape index (κ3) is 3.37. The highest BCUT2D eigenvalue weighted by Gasteiger charge is 2.41. The molecule has 2 N–H and O–H groups in total. The van der Waals surface area contributed by atoms with Crippen LogP contribution >= 0.6 is 0 Å². The molecule has 1 aromatic carbocycles. The molecule has 0 amide bonds. The summed E-state index contributed by atoms with van der Waals surface area (Å²) in [7, 11) is 2.80. The summed E-state index contributed by atoms with van der Waals surface area (Å²) in [6, 6.07) is 5.31. The van der Waals surface area contributed by atoms with Gasteiger partial charge < -0.3 is 24.7 Å². The quantitative estimate of drug-likeness (QED) is 0.792. The smallest absolute Gasteiger partial charge is 0.340 e. The van der Waals surface area contributed by atoms with Gasteiger partial charge in [-0.15, -0.1) is 0 Å². The fourth-order valence-electron chi connectivity index (χ4n) is 3.54. The van der Waals surface area contributed by atoms with Gasteiger partial charge in [0.2, 0.25) is 5.88 Å². The molecule has 1 aromatic rings. The molecule has 0 bridgehead atoms. The zero-order valence-corrected chi connectivity index (χ0v) is 15.7. The van der Waals surface area contributed by atoms with Crippen LogP contribution in [0.2, 0.25) is 0 Å². The van der Waals surface area contributed by atoms with E-state index in [1.165, 1.54) is 14.2 Å². The molecule has 0 unspecified atom stereocenters. The molecular formula is C20H23NO6. The second kappa shape index (κ2) is 7.73. The Hall–Kier alpha value is -2.96. The molecule has 7 heteroatoms. The predicted octanol–water partition coefficient (Wildman–Crippen LogP) is 2.56. The van der Waals surface area contributed by atoms with E-state index in [0.29, 0.717) is 54.3 Å².